The van der Waals surface area contributed by atoms with Crippen LogP contribution in [-0.4, -0.2) is 51.1 Å². The molecule has 2 aliphatic carbocycles. The first kappa shape index (κ1) is 40.8. The van der Waals surface area contributed by atoms with Gasteiger partial charge in [0.2, 0.25) is 0 Å². The van der Waals surface area contributed by atoms with Gasteiger partial charge in [-0.2, -0.15) is 0 Å². The summed E-state index contributed by atoms with van der Waals surface area (Å²) in [7, 11) is 0. The van der Waals surface area contributed by atoms with E-state index in [1.165, 1.54) is 24.3 Å². The summed E-state index contributed by atoms with van der Waals surface area (Å²) in [6.07, 6.45) is -1.62. The van der Waals surface area contributed by atoms with Crippen LogP contribution in [0.15, 0.2) is 146 Å². The van der Waals surface area contributed by atoms with E-state index >= 15 is 0 Å². The van der Waals surface area contributed by atoms with Crippen molar-refractivity contribution in [3.63, 3.8) is 0 Å². The van der Waals surface area contributed by atoms with Gasteiger partial charge in [-0.25, -0.2) is 0 Å². The van der Waals surface area contributed by atoms with Gasteiger partial charge in [-0.15, -0.1) is 0 Å². The van der Waals surface area contributed by atoms with Crippen molar-refractivity contribution in [3.8, 4) is 69.0 Å². The van der Waals surface area contributed by atoms with E-state index in [9.17, 15) is 51.1 Å². The van der Waals surface area contributed by atoms with Crippen molar-refractivity contribution >= 4 is 0 Å². The smallest absolute Gasteiger partial charge is 0.135 e. The molecule has 10 N–H and O–H groups in total. The first-order valence-corrected chi connectivity index (χ1v) is 22.2. The Kier molecular flexibility index (Phi) is 8.97. The van der Waals surface area contributed by atoms with Gasteiger partial charge in [-0.1, -0.05) is 48.5 Å². The quantitative estimate of drug-likeness (QED) is 0.0780. The first-order chi connectivity index (χ1) is 32.8. The Morgan fingerprint density at radius 3 is 0.897 bits per heavy atom. The molecule has 0 bridgehead atoms. The molecule has 68 heavy (non-hydrogen) atoms. The van der Waals surface area contributed by atoms with E-state index in [4.69, 9.17) is 9.47 Å². The third-order valence-electron chi connectivity index (χ3n) is 14.5. The summed E-state index contributed by atoms with van der Waals surface area (Å²) in [4.78, 5) is 0. The molecular weight excluding hydrogens is 865 g/mol. The largest absolute Gasteiger partial charge is 0.508 e. The average Bonchev–Trinajstić information content (AvgIpc) is 3.81. The Bertz CT molecular complexity index is 3110. The highest BCUT2D eigenvalue weighted by atomic mass is 16.5. The van der Waals surface area contributed by atoms with Crippen molar-refractivity contribution in [2.75, 3.05) is 0 Å². The van der Waals surface area contributed by atoms with Crippen LogP contribution in [0, 0.1) is 0 Å². The van der Waals surface area contributed by atoms with Crippen molar-refractivity contribution in [3.05, 3.63) is 212 Å². The molecule has 0 aromatic heterocycles. The minimum absolute atomic E-state index is 0.0182. The van der Waals surface area contributed by atoms with Crippen molar-refractivity contribution in [2.24, 2.45) is 0 Å². The second-order valence-corrected chi connectivity index (χ2v) is 18.2. The first-order valence-electron chi connectivity index (χ1n) is 22.2. The third-order valence-corrected chi connectivity index (χ3v) is 14.5. The summed E-state index contributed by atoms with van der Waals surface area (Å²) in [5.74, 6) is -5.69. The van der Waals surface area contributed by atoms with Crippen LogP contribution in [0.4, 0.5) is 0 Å². The molecule has 0 radical (unpaired) electrons. The molecule has 0 fully saturated rings. The maximum Gasteiger partial charge on any atom is 0.135 e. The number of phenolic OH excluding ortho intramolecular Hbond substituents is 10. The molecule has 0 unspecified atom stereocenters. The van der Waals surface area contributed by atoms with Crippen LogP contribution in [-0.2, 0) is 0 Å². The summed E-state index contributed by atoms with van der Waals surface area (Å²) >= 11 is 0. The summed E-state index contributed by atoms with van der Waals surface area (Å²) in [5, 5.41) is 114. The summed E-state index contributed by atoms with van der Waals surface area (Å²) < 4.78 is 13.7. The van der Waals surface area contributed by atoms with E-state index in [2.05, 4.69) is 0 Å². The molecule has 0 amide bonds. The van der Waals surface area contributed by atoms with Gasteiger partial charge in [-0.3, -0.25) is 0 Å². The fourth-order valence-corrected chi connectivity index (χ4v) is 12.0. The second-order valence-electron chi connectivity index (χ2n) is 18.2. The van der Waals surface area contributed by atoms with Crippen LogP contribution < -0.4 is 9.47 Å². The van der Waals surface area contributed by atoms with Gasteiger partial charge in [-0.05, 0) is 117 Å². The average molecular weight is 907 g/mol. The van der Waals surface area contributed by atoms with E-state index in [-0.39, 0.29) is 57.5 Å². The summed E-state index contributed by atoms with van der Waals surface area (Å²) in [6, 6.07) is 38.4. The Morgan fingerprint density at radius 1 is 0.265 bits per heavy atom. The highest BCUT2D eigenvalue weighted by Crippen LogP contribution is 2.69. The minimum Gasteiger partial charge on any atom is -0.508 e. The van der Waals surface area contributed by atoms with Crippen molar-refractivity contribution in [2.45, 2.75) is 47.7 Å². The predicted molar refractivity (Wildman–Crippen MR) is 248 cm³/mol. The predicted octanol–water partition coefficient (Wildman–Crippen LogP) is 10.4. The lowest BCUT2D eigenvalue weighted by atomic mass is 9.62. The van der Waals surface area contributed by atoms with Gasteiger partial charge in [0.15, 0.2) is 0 Å². The molecule has 338 valence electrons. The summed E-state index contributed by atoms with van der Waals surface area (Å²) in [5.41, 5.74) is 6.75. The lowest BCUT2D eigenvalue weighted by molar-refractivity contribution is 0.221. The molecule has 12 rings (SSSR count). The zero-order valence-corrected chi connectivity index (χ0v) is 35.8. The van der Waals surface area contributed by atoms with Crippen LogP contribution in [0.3, 0.4) is 0 Å². The molecule has 12 nitrogen and oxygen atoms in total. The third kappa shape index (κ3) is 6.20. The Labute approximate surface area is 388 Å². The Balaban J connectivity index is 1.25. The zero-order chi connectivity index (χ0) is 46.9. The van der Waals surface area contributed by atoms with Gasteiger partial charge in [0.25, 0.3) is 0 Å². The molecular formula is C56H42O12. The normalized spacial score (nSPS) is 22.6. The number of ether oxygens (including phenoxy) is 2. The van der Waals surface area contributed by atoms with Gasteiger partial charge in [0.1, 0.15) is 81.2 Å². The fraction of sp³-hybridized carbons (Fsp3) is 0.143. The van der Waals surface area contributed by atoms with Crippen molar-refractivity contribution in [1.29, 1.82) is 0 Å². The number of aromatic hydroxyl groups is 10. The van der Waals surface area contributed by atoms with Crippen LogP contribution in [0.5, 0.6) is 69.0 Å². The number of fused-ring (bicyclic) bond motifs is 4. The van der Waals surface area contributed by atoms with Gasteiger partial charge >= 0.3 is 0 Å². The lowest BCUT2D eigenvalue weighted by Gasteiger charge is -2.40. The number of hydrogen-bond acceptors (Lipinski definition) is 12. The molecule has 0 saturated heterocycles. The standard InChI is InChI=1S/C56H42O12/c57-29-9-1-25(2-10-29)45-47-37(17-33(61)21-41(47)65)53-49-39(19-35(63)23-43(49)67-55(53)27-5-13-31(59)14-6-27)51(45)52-40-20-36(64)24-44-50(40)54(56(68-44)28-7-15-32(60)16-8-28)38-18-34(62)22-42(66)48(38)46(52)26-3-11-30(58)12-4-26/h1-24,45-46,51-66H/t45-,46-,51-,52+,53+,54+,55-,56-/m1/s1. The number of hydrogen-bond donors (Lipinski definition) is 10. The maximum absolute atomic E-state index is 12.5. The van der Waals surface area contributed by atoms with Gasteiger partial charge in [0, 0.05) is 70.2 Å². The second kappa shape index (κ2) is 14.9. The van der Waals surface area contributed by atoms with Crippen LogP contribution in [0.2, 0.25) is 0 Å². The molecule has 8 atom stereocenters. The maximum atomic E-state index is 12.5. The van der Waals surface area contributed by atoms with E-state index in [1.54, 1.807) is 121 Å². The van der Waals surface area contributed by atoms with E-state index in [0.717, 1.165) is 0 Å². The zero-order valence-electron chi connectivity index (χ0n) is 35.8. The molecule has 4 aliphatic rings. The number of phenols is 10. The van der Waals surface area contributed by atoms with Gasteiger partial charge < -0.3 is 60.5 Å². The van der Waals surface area contributed by atoms with Gasteiger partial charge in [0.05, 0.1) is 11.8 Å². The molecule has 2 heterocycles. The monoisotopic (exact) mass is 906 g/mol. The van der Waals surface area contributed by atoms with Crippen molar-refractivity contribution < 1.29 is 60.5 Å². The van der Waals surface area contributed by atoms with Crippen LogP contribution in [0.1, 0.15) is 114 Å². The summed E-state index contributed by atoms with van der Waals surface area (Å²) in [6.45, 7) is 0. The van der Waals surface area contributed by atoms with E-state index in [1.807, 2.05) is 0 Å². The highest BCUT2D eigenvalue weighted by Gasteiger charge is 2.55. The molecule has 8 aromatic rings. The molecule has 2 aliphatic heterocycles. The number of rotatable bonds is 5. The van der Waals surface area contributed by atoms with Crippen molar-refractivity contribution in [1.82, 2.24) is 0 Å². The molecule has 12 heteroatoms. The molecule has 0 saturated carbocycles. The molecule has 8 aromatic carbocycles. The van der Waals surface area contributed by atoms with Crippen LogP contribution >= 0.6 is 0 Å². The van der Waals surface area contributed by atoms with E-state index < -0.39 is 47.7 Å². The minimum atomic E-state index is -0.918. The number of benzene rings is 8. The van der Waals surface area contributed by atoms with Crippen LogP contribution in [0.25, 0.3) is 0 Å². The topological polar surface area (TPSA) is 221 Å². The fourth-order valence-electron chi connectivity index (χ4n) is 12.0. The Morgan fingerprint density at radius 2 is 0.559 bits per heavy atom. The SMILES string of the molecule is Oc1ccc([C@@H]2c3c(O)cc(O)cc3[C@H]3c4c(cc(O)cc4[C@H]2[C@H]2c4cc(O)cc5c4[C@H](c4cc(O)cc(O)c4[C@H]2c2ccc(O)cc2)[C@@H](c2ccc(O)cc2)O5)O[C@@H]3c2ccc(O)cc2)cc1. The highest BCUT2D eigenvalue weighted by molar-refractivity contribution is 5.71. The lowest BCUT2D eigenvalue weighted by Crippen LogP contribution is -2.26. The molecule has 0 spiro atoms. The Hall–Kier alpha value is -8.64. The van der Waals surface area contributed by atoms with E-state index in [0.29, 0.717) is 78.3 Å².